The van der Waals surface area contributed by atoms with E-state index >= 15 is 0 Å². The number of alkyl halides is 3. The van der Waals surface area contributed by atoms with E-state index in [-0.39, 0.29) is 46.8 Å². The summed E-state index contributed by atoms with van der Waals surface area (Å²) in [5.74, 6) is 1.47. The molecule has 3 aromatic rings. The molecule has 18 heteroatoms. The van der Waals surface area contributed by atoms with Crippen molar-refractivity contribution in [1.82, 2.24) is 19.9 Å². The standard InChI is InChI=1S/C24H24F3N6O8P/c25-24(26,27)22(37)29-5-1-2-11-3-4-13(14(6-11)33(38)39)21(42)40-10-12-8-32(17-7-15(35)16(9-34)41-17)19-18(12)20(36)31-23(28)30-19/h3-4,6,8,15-17,21,34-35H,5,7,9-10,42H2,(H,29,37)(H3,28,30,31,36)/t15?,16-,17-,21-/m1/s1. The molecule has 14 nitrogen and oxygen atoms in total. The molecule has 6 N–H and O–H groups in total. The van der Waals surface area contributed by atoms with Gasteiger partial charge in [0.25, 0.3) is 11.2 Å². The van der Waals surface area contributed by atoms with Crippen LogP contribution in [0, 0.1) is 22.0 Å². The first-order chi connectivity index (χ1) is 19.8. The highest BCUT2D eigenvalue weighted by atomic mass is 31.0. The van der Waals surface area contributed by atoms with Gasteiger partial charge in [0.1, 0.15) is 18.2 Å². The number of nitrogens with two attached hydrogens (primary N) is 1. The number of carbonyl (C=O) groups is 1. The highest BCUT2D eigenvalue weighted by Gasteiger charge is 2.38. The summed E-state index contributed by atoms with van der Waals surface area (Å²) in [5.41, 5.74) is 5.47. The number of benzene rings is 1. The number of carbonyl (C=O) groups excluding carboxylic acids is 1. The number of hydrogen-bond acceptors (Lipinski definition) is 10. The number of nitrogen functional groups attached to an aromatic ring is 1. The number of aromatic nitrogens is 3. The third-order valence-electron chi connectivity index (χ3n) is 6.25. The fourth-order valence-corrected chi connectivity index (χ4v) is 4.67. The molecule has 1 saturated heterocycles. The maximum Gasteiger partial charge on any atom is 0.471 e. The predicted molar refractivity (Wildman–Crippen MR) is 143 cm³/mol. The largest absolute Gasteiger partial charge is 0.471 e. The second-order valence-corrected chi connectivity index (χ2v) is 9.68. The number of aliphatic hydroxyl groups excluding tert-OH is 2. The van der Waals surface area contributed by atoms with Gasteiger partial charge in [-0.05, 0) is 12.1 Å². The smallest absolute Gasteiger partial charge is 0.394 e. The van der Waals surface area contributed by atoms with Gasteiger partial charge in [-0.15, -0.1) is 9.24 Å². The van der Waals surface area contributed by atoms with Crippen LogP contribution in [0.3, 0.4) is 0 Å². The Morgan fingerprint density at radius 3 is 2.83 bits per heavy atom. The number of nitrogens with one attached hydrogen (secondary N) is 2. The number of fused-ring (bicyclic) bond motifs is 1. The number of amides is 1. The lowest BCUT2D eigenvalue weighted by molar-refractivity contribution is -0.386. The quantitative estimate of drug-likeness (QED) is 0.105. The van der Waals surface area contributed by atoms with Crippen molar-refractivity contribution in [2.24, 2.45) is 0 Å². The van der Waals surface area contributed by atoms with Gasteiger partial charge in [0.2, 0.25) is 5.95 Å². The molecule has 2 aromatic heterocycles. The Hall–Kier alpha value is -4.07. The van der Waals surface area contributed by atoms with Crippen LogP contribution in [-0.4, -0.2) is 67.1 Å². The molecule has 3 heterocycles. The highest BCUT2D eigenvalue weighted by Crippen LogP contribution is 2.36. The lowest BCUT2D eigenvalue weighted by Crippen LogP contribution is -2.36. The Labute approximate surface area is 236 Å². The molecule has 5 atom stereocenters. The van der Waals surface area contributed by atoms with E-state index in [9.17, 15) is 43.1 Å². The Balaban J connectivity index is 1.54. The van der Waals surface area contributed by atoms with Gasteiger partial charge in [-0.3, -0.25) is 24.7 Å². The summed E-state index contributed by atoms with van der Waals surface area (Å²) in [7, 11) is 2.30. The number of ether oxygens (including phenoxy) is 2. The minimum atomic E-state index is -5.06. The molecular formula is C24H24F3N6O8P. The molecule has 4 rings (SSSR count). The van der Waals surface area contributed by atoms with Crippen molar-refractivity contribution in [3.8, 4) is 11.8 Å². The molecule has 2 unspecified atom stereocenters. The average molecular weight is 612 g/mol. The van der Waals surface area contributed by atoms with Gasteiger partial charge < -0.3 is 35.3 Å². The van der Waals surface area contributed by atoms with Crippen LogP contribution in [0.5, 0.6) is 0 Å². The topological polar surface area (TPSA) is 208 Å². The molecule has 0 saturated carbocycles. The third kappa shape index (κ3) is 6.69. The van der Waals surface area contributed by atoms with Gasteiger partial charge in [-0.25, -0.2) is 0 Å². The number of anilines is 1. The van der Waals surface area contributed by atoms with Gasteiger partial charge in [-0.2, -0.15) is 18.2 Å². The Bertz CT molecular complexity index is 1630. The number of H-pyrrole nitrogens is 1. The van der Waals surface area contributed by atoms with Gasteiger partial charge in [0.15, 0.2) is 5.65 Å². The maximum absolute atomic E-state index is 12.8. The van der Waals surface area contributed by atoms with E-state index in [2.05, 4.69) is 31.0 Å². The van der Waals surface area contributed by atoms with E-state index in [1.165, 1.54) is 22.9 Å². The van der Waals surface area contributed by atoms with Crippen molar-refractivity contribution in [3.63, 3.8) is 0 Å². The number of aliphatic hydroxyl groups is 2. The Morgan fingerprint density at radius 2 is 2.19 bits per heavy atom. The number of nitrogens with zero attached hydrogens (tertiary/aromatic N) is 3. The van der Waals surface area contributed by atoms with Gasteiger partial charge in [0, 0.05) is 29.8 Å². The normalized spacial score (nSPS) is 19.3. The summed E-state index contributed by atoms with van der Waals surface area (Å²) in [6.07, 6.45) is -6.00. The summed E-state index contributed by atoms with van der Waals surface area (Å²) in [4.78, 5) is 41.3. The van der Waals surface area contributed by atoms with Crippen molar-refractivity contribution < 1.29 is 42.6 Å². The van der Waals surface area contributed by atoms with Crippen LogP contribution in [-0.2, 0) is 20.9 Å². The van der Waals surface area contributed by atoms with Gasteiger partial charge in [-0.1, -0.05) is 11.8 Å². The molecule has 1 fully saturated rings. The van der Waals surface area contributed by atoms with Crippen LogP contribution in [0.1, 0.15) is 35.2 Å². The Kier molecular flexibility index (Phi) is 9.14. The van der Waals surface area contributed by atoms with Gasteiger partial charge in [0.05, 0.1) is 41.7 Å². The van der Waals surface area contributed by atoms with Crippen molar-refractivity contribution >= 4 is 37.8 Å². The van der Waals surface area contributed by atoms with E-state index in [0.29, 0.717) is 5.56 Å². The number of aromatic amines is 1. The van der Waals surface area contributed by atoms with Crippen LogP contribution in [0.15, 0.2) is 29.2 Å². The zero-order chi connectivity index (χ0) is 30.8. The van der Waals surface area contributed by atoms with Gasteiger partial charge >= 0.3 is 12.1 Å². The summed E-state index contributed by atoms with van der Waals surface area (Å²) < 4.78 is 49.8. The molecule has 1 aliphatic heterocycles. The fourth-order valence-electron chi connectivity index (χ4n) is 4.29. The number of nitro benzene ring substituents is 1. The SMILES string of the molecule is Nc1nc2c(c(CO[C@H](P)c3ccc(C#CCNC(=O)C(F)(F)F)cc3[N+](=O)[O-])cn2[C@H]2CC(O)[C@@H](CO)O2)c(=O)[nH]1. The molecule has 1 aliphatic rings. The van der Waals surface area contributed by atoms with Crippen LogP contribution < -0.4 is 16.6 Å². The highest BCUT2D eigenvalue weighted by molar-refractivity contribution is 7.16. The van der Waals surface area contributed by atoms with Crippen molar-refractivity contribution in [2.75, 3.05) is 18.9 Å². The van der Waals surface area contributed by atoms with Crippen molar-refractivity contribution in [1.29, 1.82) is 0 Å². The van der Waals surface area contributed by atoms with Crippen LogP contribution >= 0.6 is 9.24 Å². The molecule has 42 heavy (non-hydrogen) atoms. The molecule has 0 bridgehead atoms. The lowest BCUT2D eigenvalue weighted by atomic mass is 10.1. The van der Waals surface area contributed by atoms with E-state index in [1.54, 1.807) is 5.32 Å². The minimum absolute atomic E-state index is 0.103. The van der Waals surface area contributed by atoms with Crippen LogP contribution in [0.25, 0.3) is 11.0 Å². The number of nitro groups is 1. The fraction of sp³-hybridized carbons (Fsp3) is 0.375. The van der Waals surface area contributed by atoms with Crippen molar-refractivity contribution in [3.05, 3.63) is 61.6 Å². The third-order valence-corrected chi connectivity index (χ3v) is 6.80. The Morgan fingerprint density at radius 1 is 1.45 bits per heavy atom. The van der Waals surface area contributed by atoms with E-state index < -0.39 is 60.0 Å². The zero-order valence-corrected chi connectivity index (χ0v) is 22.6. The first-order valence-electron chi connectivity index (χ1n) is 12.1. The average Bonchev–Trinajstić information content (AvgIpc) is 3.48. The number of rotatable bonds is 8. The molecule has 0 spiro atoms. The zero-order valence-electron chi connectivity index (χ0n) is 21.4. The molecule has 0 aliphatic carbocycles. The second kappa shape index (κ2) is 12.4. The molecular weight excluding hydrogens is 588 g/mol. The molecule has 224 valence electrons. The number of halogens is 3. The summed E-state index contributed by atoms with van der Waals surface area (Å²) in [5, 5.41) is 33.0. The molecule has 1 aromatic carbocycles. The predicted octanol–water partition coefficient (Wildman–Crippen LogP) is 0.976. The minimum Gasteiger partial charge on any atom is -0.394 e. The summed E-state index contributed by atoms with van der Waals surface area (Å²) >= 11 is 0. The lowest BCUT2D eigenvalue weighted by Gasteiger charge is -2.14. The first kappa shape index (κ1) is 30.9. The second-order valence-electron chi connectivity index (χ2n) is 9.07. The van der Waals surface area contributed by atoms with E-state index in [0.717, 1.165) is 6.07 Å². The van der Waals surface area contributed by atoms with E-state index in [1.807, 2.05) is 0 Å². The van der Waals surface area contributed by atoms with Crippen LogP contribution in [0.4, 0.5) is 24.8 Å². The first-order valence-corrected chi connectivity index (χ1v) is 12.8. The van der Waals surface area contributed by atoms with Crippen molar-refractivity contribution in [2.45, 2.75) is 43.5 Å². The van der Waals surface area contributed by atoms with Crippen LogP contribution in [0.2, 0.25) is 0 Å². The summed E-state index contributed by atoms with van der Waals surface area (Å²) in [6.45, 7) is -1.26. The monoisotopic (exact) mass is 612 g/mol. The molecule has 1 amide bonds. The maximum atomic E-state index is 12.8. The summed E-state index contributed by atoms with van der Waals surface area (Å²) in [6, 6.07) is 3.86. The molecule has 0 radical (unpaired) electrons. The number of hydrogen-bond donors (Lipinski definition) is 5. The van der Waals surface area contributed by atoms with E-state index in [4.69, 9.17) is 15.2 Å².